The molecule has 1 unspecified atom stereocenters. The van der Waals surface area contributed by atoms with Gasteiger partial charge in [0.1, 0.15) is 0 Å². The van der Waals surface area contributed by atoms with Crippen molar-refractivity contribution in [1.29, 1.82) is 0 Å². The van der Waals surface area contributed by atoms with E-state index in [0.29, 0.717) is 6.04 Å². The lowest BCUT2D eigenvalue weighted by molar-refractivity contribution is 0.0929. The maximum Gasteiger partial charge on any atom is 0.251 e. The highest BCUT2D eigenvalue weighted by atomic mass is 16.1. The van der Waals surface area contributed by atoms with Crippen LogP contribution in [0.1, 0.15) is 40.7 Å². The minimum absolute atomic E-state index is 0.0683. The summed E-state index contributed by atoms with van der Waals surface area (Å²) in [5.74, 6) is 0.857. The van der Waals surface area contributed by atoms with Crippen molar-refractivity contribution in [2.45, 2.75) is 31.7 Å². The summed E-state index contributed by atoms with van der Waals surface area (Å²) in [5.41, 5.74) is 3.30. The number of carbonyl (C=O) groups is 1. The number of hydrogen-bond acceptors (Lipinski definition) is 2. The summed E-state index contributed by atoms with van der Waals surface area (Å²) in [4.78, 5) is 15.1. The maximum absolute atomic E-state index is 12.6. The van der Waals surface area contributed by atoms with Crippen LogP contribution in [0.25, 0.3) is 0 Å². The summed E-state index contributed by atoms with van der Waals surface area (Å²) in [7, 11) is 0. The highest BCUT2D eigenvalue weighted by molar-refractivity contribution is 5.94. The smallest absolute Gasteiger partial charge is 0.251 e. The number of nitrogens with one attached hydrogen (secondary N) is 1. The fourth-order valence-corrected chi connectivity index (χ4v) is 4.17. The Bertz CT molecular complexity index is 689. The number of hydrogen-bond donors (Lipinski definition) is 1. The molecule has 0 spiro atoms. The van der Waals surface area contributed by atoms with E-state index in [4.69, 9.17) is 0 Å². The van der Waals surface area contributed by atoms with Crippen molar-refractivity contribution in [3.8, 4) is 0 Å². The molecule has 0 saturated carbocycles. The van der Waals surface area contributed by atoms with Gasteiger partial charge in [-0.15, -0.1) is 0 Å². The molecule has 5 rings (SSSR count). The zero-order chi connectivity index (χ0) is 17.1. The van der Waals surface area contributed by atoms with E-state index < -0.39 is 0 Å². The molecule has 2 aromatic carbocycles. The summed E-state index contributed by atoms with van der Waals surface area (Å²) in [6.45, 7) is 3.41. The van der Waals surface area contributed by atoms with E-state index >= 15 is 0 Å². The number of nitrogens with zero attached hydrogens (tertiary/aromatic N) is 1. The summed E-state index contributed by atoms with van der Waals surface area (Å²) in [5, 5.41) is 3.26. The first-order valence-corrected chi connectivity index (χ1v) is 9.42. The first-order valence-electron chi connectivity index (χ1n) is 9.42. The number of fused-ring (bicyclic) bond motifs is 4. The van der Waals surface area contributed by atoms with Gasteiger partial charge in [-0.25, -0.2) is 0 Å². The Kier molecular flexibility index (Phi) is 4.84. The Morgan fingerprint density at radius 3 is 2.36 bits per heavy atom. The number of carbonyl (C=O) groups excluding carboxylic acids is 1. The van der Waals surface area contributed by atoms with Gasteiger partial charge in [-0.05, 0) is 68.0 Å². The molecule has 3 heteroatoms. The van der Waals surface area contributed by atoms with Crippen LogP contribution in [0.4, 0.5) is 0 Å². The first kappa shape index (κ1) is 16.3. The van der Waals surface area contributed by atoms with Gasteiger partial charge in [-0.2, -0.15) is 0 Å². The molecule has 3 saturated heterocycles. The molecule has 1 amide bonds. The standard InChI is InChI=1S/C22H26N2O/c25-22(23-21-15-19-10-12-24(16-21)13-11-19)20-8-6-18(7-9-20)14-17-4-2-1-3-5-17/h1-9,19,21H,10-16H2,(H,23,25). The molecule has 25 heavy (non-hydrogen) atoms. The predicted octanol–water partition coefficient (Wildman–Crippen LogP) is 3.49. The molecule has 3 aliphatic heterocycles. The first-order chi connectivity index (χ1) is 12.3. The Morgan fingerprint density at radius 1 is 0.960 bits per heavy atom. The van der Waals surface area contributed by atoms with Gasteiger partial charge in [0.05, 0.1) is 0 Å². The Balaban J connectivity index is 1.37. The van der Waals surface area contributed by atoms with Crippen molar-refractivity contribution in [1.82, 2.24) is 10.2 Å². The molecule has 3 aliphatic rings. The molecule has 2 aromatic rings. The predicted molar refractivity (Wildman–Crippen MR) is 101 cm³/mol. The summed E-state index contributed by atoms with van der Waals surface area (Å²) in [6.07, 6.45) is 4.62. The fraction of sp³-hybridized carbons (Fsp3) is 0.409. The number of amides is 1. The van der Waals surface area contributed by atoms with Crippen LogP contribution in [0, 0.1) is 5.92 Å². The second-order valence-corrected chi connectivity index (χ2v) is 7.51. The van der Waals surface area contributed by atoms with E-state index in [2.05, 4.69) is 46.6 Å². The van der Waals surface area contributed by atoms with E-state index in [1.807, 2.05) is 18.2 Å². The van der Waals surface area contributed by atoms with Crippen LogP contribution < -0.4 is 5.32 Å². The SMILES string of the molecule is O=C(NC1CC2CCN(CC2)C1)c1ccc(Cc2ccccc2)cc1. The maximum atomic E-state index is 12.6. The molecule has 0 radical (unpaired) electrons. The molecule has 0 aliphatic carbocycles. The highest BCUT2D eigenvalue weighted by Gasteiger charge is 2.29. The second kappa shape index (κ2) is 7.40. The highest BCUT2D eigenvalue weighted by Crippen LogP contribution is 2.26. The average molecular weight is 334 g/mol. The molecular formula is C22H26N2O. The lowest BCUT2D eigenvalue weighted by Crippen LogP contribution is -2.41. The number of benzene rings is 2. The third kappa shape index (κ3) is 4.10. The second-order valence-electron chi connectivity index (χ2n) is 7.51. The van der Waals surface area contributed by atoms with E-state index in [-0.39, 0.29) is 5.91 Å². The van der Waals surface area contributed by atoms with Crippen molar-refractivity contribution in [2.24, 2.45) is 5.92 Å². The van der Waals surface area contributed by atoms with Gasteiger partial charge in [0.2, 0.25) is 0 Å². The molecule has 1 atom stereocenters. The van der Waals surface area contributed by atoms with Gasteiger partial charge in [-0.3, -0.25) is 4.79 Å². The van der Waals surface area contributed by atoms with Gasteiger partial charge >= 0.3 is 0 Å². The van der Waals surface area contributed by atoms with Crippen molar-refractivity contribution in [3.63, 3.8) is 0 Å². The van der Waals surface area contributed by atoms with Crippen molar-refractivity contribution >= 4 is 5.91 Å². The van der Waals surface area contributed by atoms with Crippen LogP contribution in [-0.2, 0) is 6.42 Å². The normalized spacial score (nSPS) is 25.4. The van der Waals surface area contributed by atoms with Crippen LogP contribution in [0.3, 0.4) is 0 Å². The summed E-state index contributed by atoms with van der Waals surface area (Å²) in [6, 6.07) is 18.8. The average Bonchev–Trinajstić information content (AvgIpc) is 2.95. The third-order valence-corrected chi connectivity index (χ3v) is 5.61. The monoisotopic (exact) mass is 334 g/mol. The van der Waals surface area contributed by atoms with Crippen LogP contribution >= 0.6 is 0 Å². The zero-order valence-corrected chi connectivity index (χ0v) is 14.7. The minimum Gasteiger partial charge on any atom is -0.348 e. The van der Waals surface area contributed by atoms with Gasteiger partial charge in [0, 0.05) is 18.2 Å². The van der Waals surface area contributed by atoms with Crippen LogP contribution in [0.5, 0.6) is 0 Å². The van der Waals surface area contributed by atoms with Gasteiger partial charge in [0.25, 0.3) is 5.91 Å². The fourth-order valence-electron chi connectivity index (χ4n) is 4.17. The van der Waals surface area contributed by atoms with Crippen LogP contribution in [0.2, 0.25) is 0 Å². The van der Waals surface area contributed by atoms with Crippen molar-refractivity contribution in [3.05, 3.63) is 71.3 Å². The minimum atomic E-state index is 0.0683. The van der Waals surface area contributed by atoms with Gasteiger partial charge < -0.3 is 10.2 Å². The van der Waals surface area contributed by atoms with Crippen LogP contribution in [-0.4, -0.2) is 36.5 Å². The molecule has 3 nitrogen and oxygen atoms in total. The number of piperidine rings is 1. The van der Waals surface area contributed by atoms with E-state index in [1.165, 1.54) is 37.1 Å². The van der Waals surface area contributed by atoms with Gasteiger partial charge in [0.15, 0.2) is 0 Å². The Morgan fingerprint density at radius 2 is 1.64 bits per heavy atom. The Labute approximate surface area is 150 Å². The van der Waals surface area contributed by atoms with Crippen LogP contribution in [0.15, 0.2) is 54.6 Å². The van der Waals surface area contributed by atoms with Crippen molar-refractivity contribution in [2.75, 3.05) is 19.6 Å². The van der Waals surface area contributed by atoms with Crippen molar-refractivity contribution < 1.29 is 4.79 Å². The molecular weight excluding hydrogens is 308 g/mol. The number of rotatable bonds is 4. The summed E-state index contributed by atoms with van der Waals surface area (Å²) < 4.78 is 0. The quantitative estimate of drug-likeness (QED) is 0.928. The Hall–Kier alpha value is -2.13. The topological polar surface area (TPSA) is 32.3 Å². The lowest BCUT2D eigenvalue weighted by atomic mass is 9.94. The van der Waals surface area contributed by atoms with Gasteiger partial charge in [-0.1, -0.05) is 42.5 Å². The lowest BCUT2D eigenvalue weighted by Gasteiger charge is -2.26. The largest absolute Gasteiger partial charge is 0.348 e. The van der Waals surface area contributed by atoms with E-state index in [1.54, 1.807) is 0 Å². The molecule has 130 valence electrons. The molecule has 0 aromatic heterocycles. The third-order valence-electron chi connectivity index (χ3n) is 5.61. The zero-order valence-electron chi connectivity index (χ0n) is 14.7. The molecule has 3 heterocycles. The molecule has 3 fully saturated rings. The van der Waals surface area contributed by atoms with E-state index in [0.717, 1.165) is 30.9 Å². The summed E-state index contributed by atoms with van der Waals surface area (Å²) >= 11 is 0. The van der Waals surface area contributed by atoms with E-state index in [9.17, 15) is 4.79 Å². The molecule has 1 N–H and O–H groups in total. The molecule has 2 bridgehead atoms.